The number of methoxy groups -OCH3 is 1. The fourth-order valence-electron chi connectivity index (χ4n) is 2.81. The number of esters is 1. The van der Waals surface area contributed by atoms with Gasteiger partial charge < -0.3 is 14.2 Å². The van der Waals surface area contributed by atoms with Crippen molar-refractivity contribution in [3.63, 3.8) is 0 Å². The third-order valence-electron chi connectivity index (χ3n) is 4.42. The normalized spacial score (nSPS) is 14.7. The SMILES string of the molecule is CCCOC(=O)CN1C(=O)/C(=C/c2ccc(OCc3ccc(Cl)cc3)c(OC)c2)SC1=S. The predicted molar refractivity (Wildman–Crippen MR) is 130 cm³/mol. The summed E-state index contributed by atoms with van der Waals surface area (Å²) < 4.78 is 16.7. The number of thiocarbonyl (C=S) groups is 1. The Morgan fingerprint density at radius 1 is 1.19 bits per heavy atom. The maximum Gasteiger partial charge on any atom is 0.326 e. The van der Waals surface area contributed by atoms with Crippen molar-refractivity contribution in [1.29, 1.82) is 0 Å². The van der Waals surface area contributed by atoms with Crippen LogP contribution in [0, 0.1) is 0 Å². The molecule has 0 saturated carbocycles. The van der Waals surface area contributed by atoms with Crippen LogP contribution in [0.5, 0.6) is 11.5 Å². The lowest BCUT2D eigenvalue weighted by Crippen LogP contribution is -2.34. The third kappa shape index (κ3) is 6.25. The third-order valence-corrected chi connectivity index (χ3v) is 6.05. The van der Waals surface area contributed by atoms with Gasteiger partial charge in [0.2, 0.25) is 0 Å². The first-order chi connectivity index (χ1) is 15.4. The van der Waals surface area contributed by atoms with Gasteiger partial charge in [0, 0.05) is 5.02 Å². The zero-order valence-corrected chi connectivity index (χ0v) is 20.0. The van der Waals surface area contributed by atoms with E-state index in [1.165, 1.54) is 4.90 Å². The van der Waals surface area contributed by atoms with Gasteiger partial charge in [0.05, 0.1) is 18.6 Å². The molecule has 168 valence electrons. The Hall–Kier alpha value is -2.55. The lowest BCUT2D eigenvalue weighted by Gasteiger charge is -2.13. The van der Waals surface area contributed by atoms with E-state index in [-0.39, 0.29) is 12.5 Å². The molecule has 2 aromatic carbocycles. The Bertz CT molecular complexity index is 1040. The van der Waals surface area contributed by atoms with E-state index in [1.54, 1.807) is 37.5 Å². The molecule has 3 rings (SSSR count). The van der Waals surface area contributed by atoms with Crippen molar-refractivity contribution < 1.29 is 23.8 Å². The van der Waals surface area contributed by atoms with Gasteiger partial charge in [-0.3, -0.25) is 14.5 Å². The average Bonchev–Trinajstić information content (AvgIpc) is 3.05. The van der Waals surface area contributed by atoms with Crippen molar-refractivity contribution in [2.75, 3.05) is 20.3 Å². The molecule has 32 heavy (non-hydrogen) atoms. The molecule has 1 saturated heterocycles. The zero-order valence-electron chi connectivity index (χ0n) is 17.6. The molecule has 9 heteroatoms. The van der Waals surface area contributed by atoms with Gasteiger partial charge in [-0.1, -0.05) is 60.7 Å². The summed E-state index contributed by atoms with van der Waals surface area (Å²) in [6.07, 6.45) is 2.42. The Kier molecular flexibility index (Phi) is 8.55. The average molecular weight is 492 g/mol. The lowest BCUT2D eigenvalue weighted by atomic mass is 10.1. The molecule has 1 fully saturated rings. The molecule has 0 N–H and O–H groups in total. The number of carbonyl (C=O) groups is 2. The molecule has 0 unspecified atom stereocenters. The molecular weight excluding hydrogens is 470 g/mol. The maximum atomic E-state index is 12.7. The van der Waals surface area contributed by atoms with Crippen LogP contribution < -0.4 is 9.47 Å². The minimum absolute atomic E-state index is 0.192. The Morgan fingerprint density at radius 2 is 1.94 bits per heavy atom. The van der Waals surface area contributed by atoms with Crippen LogP contribution in [0.4, 0.5) is 0 Å². The van der Waals surface area contributed by atoms with Crippen molar-refractivity contribution in [1.82, 2.24) is 4.90 Å². The van der Waals surface area contributed by atoms with Crippen molar-refractivity contribution in [2.45, 2.75) is 20.0 Å². The Balaban J connectivity index is 1.69. The molecule has 1 aliphatic heterocycles. The number of rotatable bonds is 9. The topological polar surface area (TPSA) is 65.1 Å². The van der Waals surface area contributed by atoms with Gasteiger partial charge in [-0.05, 0) is 47.9 Å². The van der Waals surface area contributed by atoms with Crippen LogP contribution in [0.15, 0.2) is 47.4 Å². The first-order valence-electron chi connectivity index (χ1n) is 9.87. The number of nitrogens with zero attached hydrogens (tertiary/aromatic N) is 1. The number of amides is 1. The lowest BCUT2D eigenvalue weighted by molar-refractivity contribution is -0.146. The van der Waals surface area contributed by atoms with Crippen LogP contribution in [0.1, 0.15) is 24.5 Å². The van der Waals surface area contributed by atoms with Gasteiger partial charge in [0.25, 0.3) is 5.91 Å². The van der Waals surface area contributed by atoms with E-state index in [0.29, 0.717) is 45.4 Å². The van der Waals surface area contributed by atoms with Gasteiger partial charge >= 0.3 is 5.97 Å². The summed E-state index contributed by atoms with van der Waals surface area (Å²) in [6, 6.07) is 12.8. The summed E-state index contributed by atoms with van der Waals surface area (Å²) in [5.74, 6) is 0.306. The molecule has 0 bridgehead atoms. The number of ether oxygens (including phenoxy) is 3. The van der Waals surface area contributed by atoms with Crippen LogP contribution in [0.25, 0.3) is 6.08 Å². The van der Waals surface area contributed by atoms with Gasteiger partial charge in [0.1, 0.15) is 17.5 Å². The van der Waals surface area contributed by atoms with Crippen LogP contribution in [-0.4, -0.2) is 41.4 Å². The molecule has 0 aromatic heterocycles. The minimum atomic E-state index is -0.478. The second-order valence-corrected chi connectivity index (χ2v) is 8.93. The van der Waals surface area contributed by atoms with E-state index in [4.69, 9.17) is 38.0 Å². The predicted octanol–water partition coefficient (Wildman–Crippen LogP) is 5.08. The molecule has 0 aliphatic carbocycles. The zero-order chi connectivity index (χ0) is 23.1. The van der Waals surface area contributed by atoms with Gasteiger partial charge in [-0.25, -0.2) is 0 Å². The highest BCUT2D eigenvalue weighted by Crippen LogP contribution is 2.35. The fourth-order valence-corrected chi connectivity index (χ4v) is 4.19. The molecule has 1 aliphatic rings. The van der Waals surface area contributed by atoms with Gasteiger partial charge in [-0.15, -0.1) is 0 Å². The van der Waals surface area contributed by atoms with E-state index in [1.807, 2.05) is 25.1 Å². The van der Waals surface area contributed by atoms with Crippen molar-refractivity contribution in [2.24, 2.45) is 0 Å². The smallest absolute Gasteiger partial charge is 0.326 e. The molecule has 1 heterocycles. The Morgan fingerprint density at radius 3 is 2.62 bits per heavy atom. The molecule has 0 spiro atoms. The summed E-state index contributed by atoms with van der Waals surface area (Å²) in [7, 11) is 1.55. The first-order valence-corrected chi connectivity index (χ1v) is 11.5. The standard InChI is InChI=1S/C23H22ClNO5S2/c1-3-10-29-21(26)13-25-22(27)20(32-23(25)31)12-16-6-9-18(19(11-16)28-2)30-14-15-4-7-17(24)8-5-15/h4-9,11-12H,3,10,13-14H2,1-2H3/b20-12-. The number of thioether (sulfide) groups is 1. The second-order valence-electron chi connectivity index (χ2n) is 6.81. The van der Waals surface area contributed by atoms with E-state index in [9.17, 15) is 9.59 Å². The number of hydrogen-bond donors (Lipinski definition) is 0. The fraction of sp³-hybridized carbons (Fsp3) is 0.261. The number of carbonyl (C=O) groups excluding carboxylic acids is 2. The van der Waals surface area contributed by atoms with Crippen molar-refractivity contribution in [3.8, 4) is 11.5 Å². The van der Waals surface area contributed by atoms with Crippen LogP contribution >= 0.6 is 35.6 Å². The summed E-state index contributed by atoms with van der Waals surface area (Å²) in [4.78, 5) is 26.3. The van der Waals surface area contributed by atoms with E-state index < -0.39 is 5.97 Å². The summed E-state index contributed by atoms with van der Waals surface area (Å²) in [6.45, 7) is 2.38. The molecule has 6 nitrogen and oxygen atoms in total. The maximum absolute atomic E-state index is 12.7. The summed E-state index contributed by atoms with van der Waals surface area (Å²) in [5.41, 5.74) is 1.72. The molecule has 0 radical (unpaired) electrons. The number of hydrogen-bond acceptors (Lipinski definition) is 7. The minimum Gasteiger partial charge on any atom is -0.493 e. The first kappa shape index (κ1) is 24.1. The molecule has 2 aromatic rings. The van der Waals surface area contributed by atoms with Crippen LogP contribution in [0.2, 0.25) is 5.02 Å². The van der Waals surface area contributed by atoms with Crippen molar-refractivity contribution >= 4 is 57.9 Å². The summed E-state index contributed by atoms with van der Waals surface area (Å²) in [5, 5.41) is 0.666. The van der Waals surface area contributed by atoms with Gasteiger partial charge in [0.15, 0.2) is 11.5 Å². The van der Waals surface area contributed by atoms with E-state index in [0.717, 1.165) is 22.9 Å². The molecular formula is C23H22ClNO5S2. The highest BCUT2D eigenvalue weighted by molar-refractivity contribution is 8.26. The van der Waals surface area contributed by atoms with Crippen LogP contribution in [0.3, 0.4) is 0 Å². The molecule has 1 amide bonds. The number of halogens is 1. The highest BCUT2D eigenvalue weighted by atomic mass is 35.5. The monoisotopic (exact) mass is 491 g/mol. The second kappa shape index (κ2) is 11.4. The quantitative estimate of drug-likeness (QED) is 0.275. The Labute approximate surface area is 201 Å². The van der Waals surface area contributed by atoms with E-state index >= 15 is 0 Å². The van der Waals surface area contributed by atoms with Crippen LogP contribution in [-0.2, 0) is 20.9 Å². The highest BCUT2D eigenvalue weighted by Gasteiger charge is 2.33. The largest absolute Gasteiger partial charge is 0.493 e. The van der Waals surface area contributed by atoms with E-state index in [2.05, 4.69) is 0 Å². The van der Waals surface area contributed by atoms with Gasteiger partial charge in [-0.2, -0.15) is 0 Å². The van der Waals surface area contributed by atoms with Crippen molar-refractivity contribution in [3.05, 3.63) is 63.5 Å². The summed E-state index contributed by atoms with van der Waals surface area (Å²) >= 11 is 12.3. The number of benzene rings is 2. The molecule has 0 atom stereocenters.